The average Bonchev–Trinajstić information content (AvgIpc) is 3.96. The van der Waals surface area contributed by atoms with Gasteiger partial charge in [-0.25, -0.2) is 4.98 Å². The minimum atomic E-state index is 0. The molecule has 0 atom stereocenters. The van der Waals surface area contributed by atoms with Crippen LogP contribution in [0.2, 0.25) is 0 Å². The molecule has 0 amide bonds. The summed E-state index contributed by atoms with van der Waals surface area (Å²) in [6, 6.07) is 78.3. The maximum atomic E-state index is 12.2. The molecule has 316 valence electrons. The maximum Gasteiger partial charge on any atom is 0.152 e. The van der Waals surface area contributed by atoms with Gasteiger partial charge in [0, 0.05) is 49.3 Å². The van der Waals surface area contributed by atoms with E-state index in [-0.39, 0.29) is 26.8 Å². The minimum absolute atomic E-state index is 0. The maximum absolute atomic E-state index is 12.2. The van der Waals surface area contributed by atoms with Crippen LogP contribution in [0.5, 0.6) is 5.75 Å². The number of phenols is 1. The molecule has 0 saturated carbocycles. The number of fused-ring (bicyclic) bond motifs is 4. The molecular weight excluding hydrogens is 990 g/mol. The zero-order chi connectivity index (χ0) is 43.3. The fraction of sp³-hybridized carbons (Fsp3) is 0. The third-order valence-electron chi connectivity index (χ3n) is 12.3. The summed E-state index contributed by atoms with van der Waals surface area (Å²) in [4.78, 5) is 10.4. The van der Waals surface area contributed by atoms with Gasteiger partial charge in [-0.15, -0.1) is 29.8 Å². The van der Waals surface area contributed by atoms with Crippen LogP contribution in [-0.4, -0.2) is 19.6 Å². The Bertz CT molecular complexity index is 3720. The van der Waals surface area contributed by atoms with Gasteiger partial charge in [-0.3, -0.25) is 9.55 Å². The van der Waals surface area contributed by atoms with Crippen molar-refractivity contribution in [3.8, 4) is 89.7 Å². The van der Waals surface area contributed by atoms with Gasteiger partial charge < -0.3 is 9.52 Å². The minimum Gasteiger partial charge on any atom is -0.507 e. The van der Waals surface area contributed by atoms with Crippen molar-refractivity contribution in [1.29, 1.82) is 0 Å². The number of furan rings is 1. The van der Waals surface area contributed by atoms with Gasteiger partial charge in [-0.1, -0.05) is 169 Å². The molecule has 0 saturated heterocycles. The van der Waals surface area contributed by atoms with Crippen LogP contribution >= 0.6 is 0 Å². The van der Waals surface area contributed by atoms with Crippen LogP contribution in [0.25, 0.3) is 117 Å². The van der Waals surface area contributed by atoms with E-state index in [0.29, 0.717) is 17.0 Å². The first-order valence-corrected chi connectivity index (χ1v) is 21.7. The van der Waals surface area contributed by atoms with Crippen LogP contribution in [0.1, 0.15) is 0 Å². The van der Waals surface area contributed by atoms with E-state index in [4.69, 9.17) is 14.4 Å². The second-order valence-electron chi connectivity index (χ2n) is 16.2. The van der Waals surface area contributed by atoms with Crippen LogP contribution < -0.4 is 0 Å². The largest absolute Gasteiger partial charge is 0.507 e. The Morgan fingerprint density at radius 1 is 0.485 bits per heavy atom. The van der Waals surface area contributed by atoms with Crippen LogP contribution in [0.4, 0.5) is 0 Å². The third kappa shape index (κ3) is 7.11. The smallest absolute Gasteiger partial charge is 0.152 e. The van der Waals surface area contributed by atoms with Gasteiger partial charge in [0.2, 0.25) is 0 Å². The molecule has 6 heteroatoms. The molecule has 0 unspecified atom stereocenters. The summed E-state index contributed by atoms with van der Waals surface area (Å²) >= 11 is 0. The molecule has 9 aromatic carbocycles. The standard InChI is InChI=1S/C60H38N3O2.Pt/c64-54-33-31-49-56-47(41-20-9-3-10-21-41)26-15-29-55(56)65-59(49)57(54)60-62-58-48(45-24-13-25-46(36-45)51-38-44(34-35-61-51)40-18-7-2-8-19-40)27-14-28-53(58)63(60)52-32-30-43(39-16-5-1-6-17-39)37-50(52)42-22-11-4-12-23-42;/h1-35,37-38,64H;/q-1;. The number of aromatic nitrogens is 3. The van der Waals surface area contributed by atoms with E-state index in [1.54, 1.807) is 6.07 Å². The zero-order valence-electron chi connectivity index (χ0n) is 35.4. The Labute approximate surface area is 396 Å². The van der Waals surface area contributed by atoms with E-state index in [1.807, 2.05) is 79.0 Å². The number of hydrogen-bond acceptors (Lipinski definition) is 4. The summed E-state index contributed by atoms with van der Waals surface area (Å²) in [5.41, 5.74) is 16.4. The summed E-state index contributed by atoms with van der Waals surface area (Å²) in [5, 5.41) is 14.0. The first-order chi connectivity index (χ1) is 32.2. The first-order valence-electron chi connectivity index (χ1n) is 21.7. The number of benzene rings is 9. The molecule has 3 heterocycles. The summed E-state index contributed by atoms with van der Waals surface area (Å²) < 4.78 is 9.04. The van der Waals surface area contributed by atoms with E-state index in [0.717, 1.165) is 100.0 Å². The Balaban J connectivity index is 0.00000481. The molecule has 0 radical (unpaired) electrons. The number of imidazole rings is 1. The van der Waals surface area contributed by atoms with Crippen molar-refractivity contribution >= 4 is 33.0 Å². The molecule has 0 aliphatic rings. The number of aromatic hydroxyl groups is 1. The molecule has 3 aromatic heterocycles. The molecule has 12 aromatic rings. The quantitative estimate of drug-likeness (QED) is 0.154. The van der Waals surface area contributed by atoms with Gasteiger partial charge in [0.25, 0.3) is 0 Å². The monoisotopic (exact) mass is 1030 g/mol. The van der Waals surface area contributed by atoms with Crippen LogP contribution in [0.15, 0.2) is 229 Å². The van der Waals surface area contributed by atoms with Gasteiger partial charge in [0.15, 0.2) is 5.82 Å². The number of rotatable bonds is 8. The molecule has 0 aliphatic carbocycles. The van der Waals surface area contributed by atoms with Crippen molar-refractivity contribution in [2.75, 3.05) is 0 Å². The summed E-state index contributed by atoms with van der Waals surface area (Å²) in [6.45, 7) is 0. The van der Waals surface area contributed by atoms with Gasteiger partial charge in [-0.2, -0.15) is 0 Å². The Hall–Kier alpha value is -8.11. The topological polar surface area (TPSA) is 64.1 Å². The van der Waals surface area contributed by atoms with E-state index >= 15 is 0 Å². The number of pyridine rings is 1. The Morgan fingerprint density at radius 3 is 1.80 bits per heavy atom. The van der Waals surface area contributed by atoms with E-state index in [1.165, 1.54) is 0 Å². The van der Waals surface area contributed by atoms with Crippen LogP contribution in [0, 0.1) is 6.07 Å². The van der Waals surface area contributed by atoms with Crippen molar-refractivity contribution in [2.45, 2.75) is 0 Å². The fourth-order valence-electron chi connectivity index (χ4n) is 9.24. The Kier molecular flexibility index (Phi) is 10.5. The number of nitrogens with zero attached hydrogens (tertiary/aromatic N) is 3. The van der Waals surface area contributed by atoms with Gasteiger partial charge in [-0.05, 0) is 81.4 Å². The molecule has 0 aliphatic heterocycles. The third-order valence-corrected chi connectivity index (χ3v) is 12.3. The predicted octanol–water partition coefficient (Wildman–Crippen LogP) is 15.5. The number of para-hydroxylation sites is 1. The fourth-order valence-corrected chi connectivity index (χ4v) is 9.24. The first kappa shape index (κ1) is 40.6. The summed E-state index contributed by atoms with van der Waals surface area (Å²) in [6.07, 6.45) is 1.86. The van der Waals surface area contributed by atoms with Crippen LogP contribution in [-0.2, 0) is 21.1 Å². The molecule has 0 spiro atoms. The van der Waals surface area contributed by atoms with Crippen molar-refractivity contribution < 1.29 is 30.6 Å². The molecule has 66 heavy (non-hydrogen) atoms. The molecule has 0 bridgehead atoms. The number of phenolic OH excluding ortho intramolecular Hbond substituents is 1. The predicted molar refractivity (Wildman–Crippen MR) is 265 cm³/mol. The second kappa shape index (κ2) is 17.1. The van der Waals surface area contributed by atoms with E-state index in [9.17, 15) is 5.11 Å². The van der Waals surface area contributed by atoms with Crippen molar-refractivity contribution in [3.05, 3.63) is 231 Å². The normalized spacial score (nSPS) is 11.3. The van der Waals surface area contributed by atoms with Gasteiger partial charge in [0.05, 0.1) is 16.7 Å². The zero-order valence-corrected chi connectivity index (χ0v) is 37.6. The Morgan fingerprint density at radius 2 is 1.09 bits per heavy atom. The molecular formula is C60H38N3O2Pt-. The van der Waals surface area contributed by atoms with E-state index < -0.39 is 0 Å². The number of hydrogen-bond donors (Lipinski definition) is 1. The average molecular weight is 1030 g/mol. The molecule has 5 nitrogen and oxygen atoms in total. The van der Waals surface area contributed by atoms with Crippen molar-refractivity contribution in [3.63, 3.8) is 0 Å². The van der Waals surface area contributed by atoms with Gasteiger partial charge >= 0.3 is 0 Å². The summed E-state index contributed by atoms with van der Waals surface area (Å²) in [5.74, 6) is 0.616. The van der Waals surface area contributed by atoms with E-state index in [2.05, 4.69) is 150 Å². The van der Waals surface area contributed by atoms with Gasteiger partial charge in [0.1, 0.15) is 22.5 Å². The molecule has 1 N–H and O–H groups in total. The summed E-state index contributed by atoms with van der Waals surface area (Å²) in [7, 11) is 0. The van der Waals surface area contributed by atoms with Crippen molar-refractivity contribution in [1.82, 2.24) is 14.5 Å². The molecule has 0 fully saturated rings. The van der Waals surface area contributed by atoms with Crippen molar-refractivity contribution in [2.24, 2.45) is 0 Å². The van der Waals surface area contributed by atoms with Crippen LogP contribution in [0.3, 0.4) is 0 Å². The SMILES string of the molecule is Oc1ccc2c(oc3cccc(-c4ccccc4)c32)c1-c1nc2c(-c3[c-]c(-c4cc(-c5ccccc5)ccn4)ccc3)cccc2n1-c1ccc(-c2ccccc2)cc1-c1ccccc1.[Pt]. The second-order valence-corrected chi connectivity index (χ2v) is 16.2. The molecule has 12 rings (SSSR count).